The minimum atomic E-state index is 0.547. The number of hydrogen-bond donors (Lipinski definition) is 1. The first kappa shape index (κ1) is 16.2. The second-order valence-electron chi connectivity index (χ2n) is 8.16. The predicted octanol–water partition coefficient (Wildman–Crippen LogP) is 3.27. The summed E-state index contributed by atoms with van der Waals surface area (Å²) >= 11 is 0. The summed E-state index contributed by atoms with van der Waals surface area (Å²) in [5, 5.41) is 12.7. The Morgan fingerprint density at radius 3 is 2.77 bits per heavy atom. The maximum absolute atomic E-state index is 4.61. The van der Waals surface area contributed by atoms with Crippen LogP contribution in [0.3, 0.4) is 0 Å². The molecule has 5 rings (SSSR count). The molecular formula is C20H28N6. The van der Waals surface area contributed by atoms with E-state index in [1.807, 2.05) is 13.0 Å². The summed E-state index contributed by atoms with van der Waals surface area (Å²) in [6.45, 7) is 5.08. The highest BCUT2D eigenvalue weighted by atomic mass is 15.3. The lowest BCUT2D eigenvalue weighted by atomic mass is 10.2. The van der Waals surface area contributed by atoms with Crippen LogP contribution in [0, 0.1) is 6.92 Å². The van der Waals surface area contributed by atoms with Crippen molar-refractivity contribution in [1.29, 1.82) is 0 Å². The molecule has 2 saturated carbocycles. The van der Waals surface area contributed by atoms with Crippen molar-refractivity contribution in [2.75, 3.05) is 18.4 Å². The number of nitrogens with one attached hydrogen (secondary N) is 1. The number of anilines is 1. The van der Waals surface area contributed by atoms with Crippen LogP contribution in [0.2, 0.25) is 0 Å². The van der Waals surface area contributed by atoms with Gasteiger partial charge >= 0.3 is 0 Å². The van der Waals surface area contributed by atoms with Gasteiger partial charge in [0.2, 0.25) is 0 Å². The van der Waals surface area contributed by atoms with E-state index in [1.165, 1.54) is 50.2 Å². The lowest BCUT2D eigenvalue weighted by Gasteiger charge is -2.25. The molecule has 1 unspecified atom stereocenters. The molecule has 3 aliphatic rings. The molecule has 1 saturated heterocycles. The smallest absolute Gasteiger partial charge is 0.147 e. The normalized spacial score (nSPS) is 23.5. The molecule has 1 atom stereocenters. The van der Waals surface area contributed by atoms with Gasteiger partial charge < -0.3 is 9.88 Å². The number of pyridine rings is 1. The van der Waals surface area contributed by atoms with Crippen molar-refractivity contribution in [3.8, 4) is 0 Å². The Bertz CT molecular complexity index is 776. The molecule has 0 bridgehead atoms. The first-order valence-corrected chi connectivity index (χ1v) is 10.1. The number of likely N-dealkylation sites (tertiary alicyclic amines) is 1. The molecule has 3 fully saturated rings. The summed E-state index contributed by atoms with van der Waals surface area (Å²) in [6.07, 6.45) is 7.70. The van der Waals surface area contributed by atoms with Crippen molar-refractivity contribution in [2.24, 2.45) is 0 Å². The largest absolute Gasteiger partial charge is 0.368 e. The zero-order valence-corrected chi connectivity index (χ0v) is 15.6. The van der Waals surface area contributed by atoms with Crippen LogP contribution in [-0.4, -0.2) is 43.8 Å². The minimum Gasteiger partial charge on any atom is -0.368 e. The second-order valence-corrected chi connectivity index (χ2v) is 8.16. The van der Waals surface area contributed by atoms with Crippen LogP contribution in [-0.2, 0) is 6.54 Å². The summed E-state index contributed by atoms with van der Waals surface area (Å²) in [5.41, 5.74) is 1.06. The van der Waals surface area contributed by atoms with Crippen LogP contribution in [0.4, 0.5) is 5.82 Å². The molecule has 138 valence electrons. The van der Waals surface area contributed by atoms with Gasteiger partial charge in [0.05, 0.1) is 6.54 Å². The third-order valence-corrected chi connectivity index (χ3v) is 5.90. The summed E-state index contributed by atoms with van der Waals surface area (Å²) in [5.74, 6) is 4.12. The van der Waals surface area contributed by atoms with Crippen molar-refractivity contribution in [2.45, 2.75) is 70.0 Å². The van der Waals surface area contributed by atoms with E-state index in [2.05, 4.69) is 42.1 Å². The highest BCUT2D eigenvalue weighted by Crippen LogP contribution is 2.44. The summed E-state index contributed by atoms with van der Waals surface area (Å²) in [4.78, 5) is 7.15. The Morgan fingerprint density at radius 2 is 2.00 bits per heavy atom. The van der Waals surface area contributed by atoms with Gasteiger partial charge in [-0.25, -0.2) is 4.98 Å². The standard InChI is InChI=1S/C20H28N6/c1-14-4-2-6-18(22-14)21-12-17-5-3-11-25(17)13-19-23-24-20(15-7-8-15)26(19)16-9-10-16/h2,4,6,15-17H,3,5,7-13H2,1H3,(H,21,22). The topological polar surface area (TPSA) is 58.9 Å². The van der Waals surface area contributed by atoms with Gasteiger partial charge in [0.1, 0.15) is 17.5 Å². The monoisotopic (exact) mass is 352 g/mol. The van der Waals surface area contributed by atoms with Crippen molar-refractivity contribution in [3.63, 3.8) is 0 Å². The summed E-state index contributed by atoms with van der Waals surface area (Å²) in [6, 6.07) is 7.37. The number of aromatic nitrogens is 4. The molecule has 1 aliphatic heterocycles. The van der Waals surface area contributed by atoms with Crippen molar-refractivity contribution in [1.82, 2.24) is 24.6 Å². The molecule has 26 heavy (non-hydrogen) atoms. The van der Waals surface area contributed by atoms with Gasteiger partial charge in [-0.2, -0.15) is 0 Å². The maximum atomic E-state index is 4.61. The fraction of sp³-hybridized carbons (Fsp3) is 0.650. The molecule has 2 aliphatic carbocycles. The van der Waals surface area contributed by atoms with Crippen molar-refractivity contribution >= 4 is 5.82 Å². The third-order valence-electron chi connectivity index (χ3n) is 5.90. The van der Waals surface area contributed by atoms with Gasteiger partial charge in [0.25, 0.3) is 0 Å². The average molecular weight is 352 g/mol. The van der Waals surface area contributed by atoms with E-state index < -0.39 is 0 Å². The van der Waals surface area contributed by atoms with E-state index in [-0.39, 0.29) is 0 Å². The number of nitrogens with zero attached hydrogens (tertiary/aromatic N) is 5. The van der Waals surface area contributed by atoms with Crippen LogP contribution >= 0.6 is 0 Å². The number of rotatable bonds is 7. The van der Waals surface area contributed by atoms with Gasteiger partial charge in [-0.1, -0.05) is 6.07 Å². The molecule has 1 N–H and O–H groups in total. The molecule has 6 heteroatoms. The van der Waals surface area contributed by atoms with Gasteiger partial charge in [-0.05, 0) is 64.1 Å². The molecule has 3 heterocycles. The van der Waals surface area contributed by atoms with E-state index in [0.717, 1.165) is 31.1 Å². The highest BCUT2D eigenvalue weighted by molar-refractivity contribution is 5.35. The van der Waals surface area contributed by atoms with Crippen LogP contribution in [0.15, 0.2) is 18.2 Å². The van der Waals surface area contributed by atoms with E-state index >= 15 is 0 Å². The third kappa shape index (κ3) is 3.34. The molecule has 2 aromatic heterocycles. The highest BCUT2D eigenvalue weighted by Gasteiger charge is 2.37. The lowest BCUT2D eigenvalue weighted by Crippen LogP contribution is -2.35. The molecule has 0 radical (unpaired) electrons. The van der Waals surface area contributed by atoms with E-state index in [9.17, 15) is 0 Å². The SMILES string of the molecule is Cc1cccc(NCC2CCCN2Cc2nnc(C3CC3)n2C2CC2)n1. The fourth-order valence-electron chi connectivity index (χ4n) is 4.18. The second kappa shape index (κ2) is 6.65. The molecule has 6 nitrogen and oxygen atoms in total. The molecule has 0 amide bonds. The Kier molecular flexibility index (Phi) is 4.15. The number of hydrogen-bond acceptors (Lipinski definition) is 5. The molecular weight excluding hydrogens is 324 g/mol. The molecule has 0 aromatic carbocycles. The quantitative estimate of drug-likeness (QED) is 0.829. The van der Waals surface area contributed by atoms with Crippen molar-refractivity contribution in [3.05, 3.63) is 35.5 Å². The first-order chi connectivity index (χ1) is 12.8. The zero-order chi connectivity index (χ0) is 17.5. The maximum Gasteiger partial charge on any atom is 0.147 e. The minimum absolute atomic E-state index is 0.547. The van der Waals surface area contributed by atoms with E-state index in [1.54, 1.807) is 0 Å². The Morgan fingerprint density at radius 1 is 1.12 bits per heavy atom. The Labute approximate surface area is 155 Å². The zero-order valence-electron chi connectivity index (χ0n) is 15.6. The van der Waals surface area contributed by atoms with Crippen LogP contribution in [0.25, 0.3) is 0 Å². The van der Waals surface area contributed by atoms with Crippen LogP contribution in [0.1, 0.15) is 67.8 Å². The van der Waals surface area contributed by atoms with E-state index in [4.69, 9.17) is 0 Å². The van der Waals surface area contributed by atoms with Gasteiger partial charge in [-0.15, -0.1) is 10.2 Å². The van der Waals surface area contributed by atoms with Gasteiger partial charge in [0, 0.05) is 30.2 Å². The molecule has 2 aromatic rings. The van der Waals surface area contributed by atoms with Gasteiger partial charge in [-0.3, -0.25) is 4.90 Å². The van der Waals surface area contributed by atoms with E-state index in [0.29, 0.717) is 18.0 Å². The average Bonchev–Trinajstić information content (AvgIpc) is 3.57. The van der Waals surface area contributed by atoms with Crippen LogP contribution < -0.4 is 5.32 Å². The Balaban J connectivity index is 1.26. The predicted molar refractivity (Wildman–Crippen MR) is 101 cm³/mol. The van der Waals surface area contributed by atoms with Crippen LogP contribution in [0.5, 0.6) is 0 Å². The van der Waals surface area contributed by atoms with Crippen molar-refractivity contribution < 1.29 is 0 Å². The fourth-order valence-corrected chi connectivity index (χ4v) is 4.18. The summed E-state index contributed by atoms with van der Waals surface area (Å²) < 4.78 is 2.49. The summed E-state index contributed by atoms with van der Waals surface area (Å²) in [7, 11) is 0. The number of aryl methyl sites for hydroxylation is 1. The lowest BCUT2D eigenvalue weighted by molar-refractivity contribution is 0.243. The Hall–Kier alpha value is -1.95. The van der Waals surface area contributed by atoms with Gasteiger partial charge in [0.15, 0.2) is 0 Å². The first-order valence-electron chi connectivity index (χ1n) is 10.1. The molecule has 0 spiro atoms.